The van der Waals surface area contributed by atoms with Gasteiger partial charge in [0.15, 0.2) is 17.4 Å². The number of ketones is 1. The van der Waals surface area contributed by atoms with Gasteiger partial charge in [-0.15, -0.1) is 0 Å². The summed E-state index contributed by atoms with van der Waals surface area (Å²) in [5, 5.41) is 15.9. The smallest absolute Gasteiger partial charge is 0.490 e. The number of nitrogens with two attached hydrogens (primary N) is 2. The number of halogens is 7. The van der Waals surface area contributed by atoms with Gasteiger partial charge < -0.3 is 26.4 Å². The molecular weight excluding hydrogens is 587 g/mol. The van der Waals surface area contributed by atoms with Gasteiger partial charge in [0.2, 0.25) is 0 Å². The number of rotatable bonds is 9. The van der Waals surface area contributed by atoms with E-state index < -0.39 is 81.4 Å². The molecule has 0 radical (unpaired) electrons. The highest BCUT2D eigenvalue weighted by Crippen LogP contribution is 2.27. The second kappa shape index (κ2) is 13.6. The van der Waals surface area contributed by atoms with E-state index in [0.29, 0.717) is 10.6 Å². The summed E-state index contributed by atoms with van der Waals surface area (Å²) in [5.41, 5.74) is 8.36. The molecule has 6 N–H and O–H groups in total. The van der Waals surface area contributed by atoms with Crippen LogP contribution in [0.15, 0.2) is 47.3 Å². The fourth-order valence-corrected chi connectivity index (χ4v) is 3.25. The Morgan fingerprint density at radius 1 is 0.905 bits per heavy atom. The Kier molecular flexibility index (Phi) is 10.8. The van der Waals surface area contributed by atoms with Crippen molar-refractivity contribution >= 4 is 23.5 Å². The summed E-state index contributed by atoms with van der Waals surface area (Å²) in [6, 6.07) is 4.42. The molecular formula is C25H20F7N3O7. The number of hydrogen-bond donors (Lipinski definition) is 4. The normalized spacial score (nSPS) is 11.7. The van der Waals surface area contributed by atoms with Crippen molar-refractivity contribution in [1.29, 1.82) is 0 Å². The Hall–Kier alpha value is -4.93. The fraction of sp³-hybridized carbons (Fsp3) is 0.200. The summed E-state index contributed by atoms with van der Waals surface area (Å²) in [4.78, 5) is 44.7. The number of pyridine rings is 1. The van der Waals surface area contributed by atoms with Crippen LogP contribution in [-0.4, -0.2) is 51.3 Å². The molecule has 0 aliphatic carbocycles. The second-order valence-electron chi connectivity index (χ2n) is 8.23. The number of carbonyl (C=O) groups is 3. The van der Waals surface area contributed by atoms with Gasteiger partial charge in [0.1, 0.15) is 34.9 Å². The van der Waals surface area contributed by atoms with E-state index in [1.165, 1.54) is 0 Å². The van der Waals surface area contributed by atoms with Crippen LogP contribution in [0.3, 0.4) is 0 Å². The minimum Gasteiger partial charge on any atom is -0.493 e. The second-order valence-corrected chi connectivity index (χ2v) is 8.23. The maximum atomic E-state index is 14.8. The van der Waals surface area contributed by atoms with Gasteiger partial charge in [0, 0.05) is 24.3 Å². The molecule has 226 valence electrons. The lowest BCUT2D eigenvalue weighted by Crippen LogP contribution is -2.30. The topological polar surface area (TPSA) is 175 Å². The first kappa shape index (κ1) is 33.3. The number of carbonyl (C=O) groups excluding carboxylic acids is 1. The van der Waals surface area contributed by atoms with Crippen LogP contribution in [0.1, 0.15) is 28.8 Å². The Bertz CT molecular complexity index is 1540. The van der Waals surface area contributed by atoms with Gasteiger partial charge in [-0.1, -0.05) is 0 Å². The monoisotopic (exact) mass is 607 g/mol. The molecule has 3 aromatic rings. The number of aliphatic carboxylic acids is 2. The van der Waals surface area contributed by atoms with E-state index in [-0.39, 0.29) is 25.2 Å². The molecule has 0 fully saturated rings. The Balaban J connectivity index is 0.000000782. The average molecular weight is 607 g/mol. The van der Waals surface area contributed by atoms with E-state index in [2.05, 4.69) is 0 Å². The van der Waals surface area contributed by atoms with Crippen LogP contribution >= 0.6 is 0 Å². The van der Waals surface area contributed by atoms with E-state index in [9.17, 15) is 45.1 Å². The third kappa shape index (κ3) is 8.29. The van der Waals surface area contributed by atoms with E-state index in [1.54, 1.807) is 0 Å². The molecule has 10 nitrogen and oxygen atoms in total. The number of alkyl halides is 3. The van der Waals surface area contributed by atoms with Crippen molar-refractivity contribution in [2.24, 2.45) is 5.73 Å². The molecule has 1 aromatic heterocycles. The molecule has 0 saturated carbocycles. The Morgan fingerprint density at radius 3 is 1.95 bits per heavy atom. The standard InChI is InChI=1S/C23H19F4N3O5.C2HF3O2/c24-11-3-4-13(15(25)8-11)21(32)14-5-6-19(31)30(22(14)29)20-16(26)9-12(10-17(20)27)35-7-1-2-18(28)23(33)34;3-2(4,5)1(6)7/h3-6,8-10,18H,1-2,7,28-29H2,(H,33,34);(H,6,7)/t18-;/m0./s1. The number of carboxylic acids is 2. The summed E-state index contributed by atoms with van der Waals surface area (Å²) < 4.78 is 94.3. The molecule has 0 aliphatic heterocycles. The molecule has 42 heavy (non-hydrogen) atoms. The molecule has 17 heteroatoms. The van der Waals surface area contributed by atoms with Crippen LogP contribution in [0, 0.1) is 23.3 Å². The number of nitrogens with zero attached hydrogens (tertiary/aromatic N) is 1. The summed E-state index contributed by atoms with van der Waals surface area (Å²) in [6.07, 6.45) is -4.82. The average Bonchev–Trinajstić information content (AvgIpc) is 2.87. The van der Waals surface area contributed by atoms with Crippen LogP contribution in [-0.2, 0) is 9.59 Å². The van der Waals surface area contributed by atoms with E-state index in [1.807, 2.05) is 0 Å². The summed E-state index contributed by atoms with van der Waals surface area (Å²) >= 11 is 0. The van der Waals surface area contributed by atoms with E-state index >= 15 is 0 Å². The van der Waals surface area contributed by atoms with Crippen LogP contribution in [0.4, 0.5) is 36.6 Å². The first-order valence-corrected chi connectivity index (χ1v) is 11.4. The molecule has 0 amide bonds. The Labute approximate surface area is 230 Å². The van der Waals surface area contributed by atoms with Crippen molar-refractivity contribution < 1.29 is 60.1 Å². The highest BCUT2D eigenvalue weighted by molar-refractivity contribution is 6.11. The van der Waals surface area contributed by atoms with Crippen molar-refractivity contribution in [3.05, 3.63) is 87.2 Å². The molecule has 0 bridgehead atoms. The minimum atomic E-state index is -5.08. The van der Waals surface area contributed by atoms with Crippen molar-refractivity contribution in [2.75, 3.05) is 12.3 Å². The van der Waals surface area contributed by atoms with Crippen LogP contribution in [0.25, 0.3) is 5.69 Å². The molecule has 3 rings (SSSR count). The molecule has 0 unspecified atom stereocenters. The van der Waals surface area contributed by atoms with Crippen LogP contribution in [0.5, 0.6) is 5.75 Å². The third-order valence-electron chi connectivity index (χ3n) is 5.25. The number of nitrogen functional groups attached to an aromatic ring is 1. The predicted octanol–water partition coefficient (Wildman–Crippen LogP) is 3.41. The van der Waals surface area contributed by atoms with Gasteiger partial charge >= 0.3 is 18.1 Å². The van der Waals surface area contributed by atoms with Gasteiger partial charge in [-0.25, -0.2) is 22.4 Å². The lowest BCUT2D eigenvalue weighted by atomic mass is 10.0. The van der Waals surface area contributed by atoms with Crippen LogP contribution < -0.4 is 21.8 Å². The van der Waals surface area contributed by atoms with Gasteiger partial charge in [-0.3, -0.25) is 19.0 Å². The number of carboxylic acid groups (broad SMARTS) is 2. The van der Waals surface area contributed by atoms with Gasteiger partial charge in [-0.05, 0) is 31.0 Å². The quantitative estimate of drug-likeness (QED) is 0.161. The van der Waals surface area contributed by atoms with Crippen molar-refractivity contribution in [1.82, 2.24) is 4.57 Å². The molecule has 0 aliphatic rings. The maximum absolute atomic E-state index is 14.8. The number of aromatic nitrogens is 1. The first-order valence-electron chi connectivity index (χ1n) is 11.4. The number of ether oxygens (including phenoxy) is 1. The molecule has 1 atom stereocenters. The highest BCUT2D eigenvalue weighted by Gasteiger charge is 2.38. The number of anilines is 1. The van der Waals surface area contributed by atoms with Gasteiger partial charge in [0.05, 0.1) is 17.7 Å². The van der Waals surface area contributed by atoms with E-state index in [0.717, 1.165) is 36.4 Å². The lowest BCUT2D eigenvalue weighted by molar-refractivity contribution is -0.192. The molecule has 0 spiro atoms. The number of benzene rings is 2. The molecule has 2 aromatic carbocycles. The number of hydrogen-bond acceptors (Lipinski definition) is 7. The fourth-order valence-electron chi connectivity index (χ4n) is 3.25. The molecule has 0 saturated heterocycles. The lowest BCUT2D eigenvalue weighted by Gasteiger charge is -2.16. The summed E-state index contributed by atoms with van der Waals surface area (Å²) in [7, 11) is 0. The Morgan fingerprint density at radius 2 is 1.45 bits per heavy atom. The maximum Gasteiger partial charge on any atom is 0.490 e. The summed E-state index contributed by atoms with van der Waals surface area (Å²) in [5.74, 6) is -10.5. The zero-order valence-electron chi connectivity index (χ0n) is 20.9. The van der Waals surface area contributed by atoms with Gasteiger partial charge in [0.25, 0.3) is 5.56 Å². The largest absolute Gasteiger partial charge is 0.493 e. The predicted molar refractivity (Wildman–Crippen MR) is 130 cm³/mol. The molecule has 1 heterocycles. The van der Waals surface area contributed by atoms with E-state index in [4.69, 9.17) is 31.2 Å². The first-order chi connectivity index (χ1) is 19.4. The zero-order chi connectivity index (χ0) is 31.9. The van der Waals surface area contributed by atoms with Crippen molar-refractivity contribution in [3.63, 3.8) is 0 Å². The third-order valence-corrected chi connectivity index (χ3v) is 5.25. The SMILES string of the molecule is Nc1c(C(=O)c2ccc(F)cc2F)ccc(=O)n1-c1c(F)cc(OCCC[C@H](N)C(=O)O)cc1F.O=C(O)C(F)(F)F. The van der Waals surface area contributed by atoms with Crippen LogP contribution in [0.2, 0.25) is 0 Å². The highest BCUT2D eigenvalue weighted by atomic mass is 19.4. The minimum absolute atomic E-state index is 0.0692. The van der Waals surface area contributed by atoms with Gasteiger partial charge in [-0.2, -0.15) is 13.2 Å². The van der Waals surface area contributed by atoms with Crippen molar-refractivity contribution in [2.45, 2.75) is 25.1 Å². The zero-order valence-corrected chi connectivity index (χ0v) is 20.9. The van der Waals surface area contributed by atoms with Crippen molar-refractivity contribution in [3.8, 4) is 11.4 Å². The summed E-state index contributed by atoms with van der Waals surface area (Å²) in [6.45, 7) is -0.0888.